The van der Waals surface area contributed by atoms with Crippen molar-refractivity contribution >= 4 is 66.6 Å². The Morgan fingerprint density at radius 1 is 0.576 bits per heavy atom. The molecular weight excluding hydrogens is 721 g/mol. The minimum absolute atomic E-state index is 0.554. The third-order valence-electron chi connectivity index (χ3n) is 11.7. The van der Waals surface area contributed by atoms with E-state index in [4.69, 9.17) is 19.4 Å². The quantitative estimate of drug-likeness (QED) is 0.152. The molecule has 0 saturated carbocycles. The Balaban J connectivity index is 1.07. The van der Waals surface area contributed by atoms with Crippen molar-refractivity contribution in [3.63, 3.8) is 0 Å². The smallest absolute Gasteiger partial charge is 0.167 e. The molecule has 5 heteroatoms. The van der Waals surface area contributed by atoms with Gasteiger partial charge in [0.2, 0.25) is 0 Å². The molecule has 8 aromatic carbocycles. The molecule has 0 spiro atoms. The summed E-state index contributed by atoms with van der Waals surface area (Å²) in [4.78, 5) is 17.8. The third-order valence-corrected chi connectivity index (χ3v) is 11.7. The van der Waals surface area contributed by atoms with E-state index in [0.717, 1.165) is 79.7 Å². The lowest BCUT2D eigenvalue weighted by atomic mass is 9.86. The molecule has 0 saturated heterocycles. The summed E-state index contributed by atoms with van der Waals surface area (Å²) < 4.78 is 6.51. The van der Waals surface area contributed by atoms with E-state index in [1.165, 1.54) is 32.7 Å². The Bertz CT molecular complexity index is 3310. The van der Waals surface area contributed by atoms with E-state index in [9.17, 15) is 0 Å². The molecule has 1 aliphatic rings. The second-order valence-corrected chi connectivity index (χ2v) is 15.2. The van der Waals surface area contributed by atoms with Crippen LogP contribution in [-0.2, 0) is 6.42 Å². The maximum Gasteiger partial charge on any atom is 0.167 e. The van der Waals surface area contributed by atoms with Crippen molar-refractivity contribution in [3.05, 3.63) is 199 Å². The molecule has 1 aliphatic carbocycles. The molecule has 59 heavy (non-hydrogen) atoms. The van der Waals surface area contributed by atoms with Gasteiger partial charge >= 0.3 is 0 Å². The normalized spacial score (nSPS) is 12.4. The summed E-state index contributed by atoms with van der Waals surface area (Å²) in [7, 11) is 0. The van der Waals surface area contributed by atoms with Gasteiger partial charge in [-0.1, -0.05) is 146 Å². The highest BCUT2D eigenvalue weighted by molar-refractivity contribution is 6.14. The number of aryl methyl sites for hydroxylation is 2. The van der Waals surface area contributed by atoms with Crippen LogP contribution >= 0.6 is 0 Å². The van der Waals surface area contributed by atoms with Crippen LogP contribution in [0.4, 0.5) is 11.4 Å². The lowest BCUT2D eigenvalue weighted by Gasteiger charge is -2.29. The number of allylic oxidation sites excluding steroid dienone is 1. The van der Waals surface area contributed by atoms with E-state index < -0.39 is 0 Å². The number of para-hydroxylation sites is 4. The lowest BCUT2D eigenvalue weighted by molar-refractivity contribution is 0.669. The number of furan rings is 1. The molecule has 280 valence electrons. The number of fused-ring (bicyclic) bond motifs is 9. The fraction of sp³-hybridized carbons (Fsp3) is 0.0556. The second kappa shape index (κ2) is 14.1. The van der Waals surface area contributed by atoms with E-state index in [1.807, 2.05) is 30.3 Å². The zero-order valence-corrected chi connectivity index (χ0v) is 32.6. The van der Waals surface area contributed by atoms with Crippen LogP contribution in [0.15, 0.2) is 181 Å². The fourth-order valence-corrected chi connectivity index (χ4v) is 8.77. The molecule has 5 nitrogen and oxygen atoms in total. The first-order valence-corrected chi connectivity index (χ1v) is 20.1. The first-order valence-electron chi connectivity index (χ1n) is 20.1. The van der Waals surface area contributed by atoms with Gasteiger partial charge in [0.1, 0.15) is 11.2 Å². The van der Waals surface area contributed by atoms with E-state index in [-0.39, 0.29) is 0 Å². The van der Waals surface area contributed by atoms with Crippen molar-refractivity contribution in [2.75, 3.05) is 4.90 Å². The molecule has 0 fully saturated rings. The van der Waals surface area contributed by atoms with E-state index in [0.29, 0.717) is 17.5 Å². The van der Waals surface area contributed by atoms with Crippen molar-refractivity contribution in [3.8, 4) is 34.2 Å². The maximum absolute atomic E-state index is 6.51. The highest BCUT2D eigenvalue weighted by Gasteiger charge is 2.21. The Hall–Kier alpha value is -7.63. The first-order chi connectivity index (χ1) is 29.1. The molecular formula is C54H38N4O. The molecule has 0 N–H and O–H groups in total. The molecule has 0 aliphatic heterocycles. The molecule has 11 rings (SSSR count). The van der Waals surface area contributed by atoms with E-state index in [2.05, 4.69) is 164 Å². The van der Waals surface area contributed by atoms with E-state index in [1.54, 1.807) is 0 Å². The Morgan fingerprint density at radius 2 is 1.24 bits per heavy atom. The molecule has 2 aromatic heterocycles. The average Bonchev–Trinajstić information content (AvgIpc) is 3.69. The highest BCUT2D eigenvalue weighted by atomic mass is 16.3. The average molecular weight is 759 g/mol. The van der Waals surface area contributed by atoms with Crippen molar-refractivity contribution in [1.82, 2.24) is 15.0 Å². The van der Waals surface area contributed by atoms with Gasteiger partial charge < -0.3 is 9.32 Å². The Morgan fingerprint density at radius 3 is 2.07 bits per heavy atom. The summed E-state index contributed by atoms with van der Waals surface area (Å²) in [5.41, 5.74) is 12.0. The second-order valence-electron chi connectivity index (χ2n) is 15.2. The summed E-state index contributed by atoms with van der Waals surface area (Å²) >= 11 is 0. The van der Waals surface area contributed by atoms with Crippen molar-refractivity contribution < 1.29 is 4.42 Å². The van der Waals surface area contributed by atoms with Crippen LogP contribution in [-0.4, -0.2) is 15.0 Å². The minimum Gasteiger partial charge on any atom is -0.455 e. The molecule has 0 radical (unpaired) electrons. The third kappa shape index (κ3) is 5.90. The number of anilines is 2. The topological polar surface area (TPSA) is 55.1 Å². The molecule has 0 bridgehead atoms. The Labute approximate surface area is 342 Å². The number of aromatic nitrogens is 3. The van der Waals surface area contributed by atoms with Crippen LogP contribution in [0.3, 0.4) is 0 Å². The summed E-state index contributed by atoms with van der Waals surface area (Å²) in [5, 5.41) is 7.11. The SMILES string of the molecule is C=C(c1ccc(-c2nc(-c3ccc4c(c3)c3c(c5ccccc54)CCC=C3)nc(-c3cccc4c3oc3ccccc34)n2)cc1)N(c1ccccc1)c1ccccc1C. The van der Waals surface area contributed by atoms with Crippen molar-refractivity contribution in [1.29, 1.82) is 0 Å². The predicted molar refractivity (Wildman–Crippen MR) is 245 cm³/mol. The number of rotatable bonds is 7. The van der Waals surface area contributed by atoms with Crippen LogP contribution < -0.4 is 4.90 Å². The van der Waals surface area contributed by atoms with Crippen LogP contribution in [0.2, 0.25) is 0 Å². The fourth-order valence-electron chi connectivity index (χ4n) is 8.77. The molecule has 2 heterocycles. The van der Waals surface area contributed by atoms with Crippen LogP contribution in [0.5, 0.6) is 0 Å². The highest BCUT2D eigenvalue weighted by Crippen LogP contribution is 2.40. The standard InChI is InChI=1S/C54H38N4O/c1-34-15-6-12-25-49(34)58(39-16-4-3-5-17-39)35(2)36-27-29-37(30-28-36)52-55-53(57-54(56-52)47-24-14-23-46-45-22-11-13-26-50(45)59-51(46)47)38-31-32-44-42-20-8-7-18-40(42)41-19-9-10-21-43(41)48(44)33-38/h3-8,10-18,20-33H,2,9,19H2,1H3. The van der Waals surface area contributed by atoms with Gasteiger partial charge in [0.25, 0.3) is 0 Å². The van der Waals surface area contributed by atoms with Gasteiger partial charge in [-0.15, -0.1) is 0 Å². The van der Waals surface area contributed by atoms with Gasteiger partial charge in [0.15, 0.2) is 17.5 Å². The van der Waals surface area contributed by atoms with Gasteiger partial charge in [-0.25, -0.2) is 15.0 Å². The number of benzene rings is 8. The molecule has 0 amide bonds. The molecule has 10 aromatic rings. The van der Waals surface area contributed by atoms with Crippen LogP contribution in [0, 0.1) is 6.92 Å². The zero-order valence-electron chi connectivity index (χ0n) is 32.6. The minimum atomic E-state index is 0.554. The number of nitrogens with zero attached hydrogens (tertiary/aromatic N) is 4. The molecule has 0 atom stereocenters. The monoisotopic (exact) mass is 758 g/mol. The summed E-state index contributed by atoms with van der Waals surface area (Å²) in [6, 6.07) is 56.9. The number of hydrogen-bond acceptors (Lipinski definition) is 5. The maximum atomic E-state index is 6.51. The van der Waals surface area contributed by atoms with Gasteiger partial charge in [-0.2, -0.15) is 0 Å². The number of hydrogen-bond donors (Lipinski definition) is 0. The summed E-state index contributed by atoms with van der Waals surface area (Å²) in [6.07, 6.45) is 6.63. The van der Waals surface area contributed by atoms with Gasteiger partial charge in [0, 0.05) is 39.0 Å². The van der Waals surface area contributed by atoms with E-state index >= 15 is 0 Å². The van der Waals surface area contributed by atoms with Crippen LogP contribution in [0.25, 0.3) is 89.4 Å². The summed E-state index contributed by atoms with van der Waals surface area (Å²) in [6.45, 7) is 6.75. The summed E-state index contributed by atoms with van der Waals surface area (Å²) in [5.74, 6) is 1.73. The van der Waals surface area contributed by atoms with Crippen LogP contribution in [0.1, 0.15) is 28.7 Å². The van der Waals surface area contributed by atoms with Gasteiger partial charge in [-0.3, -0.25) is 0 Å². The zero-order chi connectivity index (χ0) is 39.5. The van der Waals surface area contributed by atoms with Crippen molar-refractivity contribution in [2.45, 2.75) is 19.8 Å². The molecule has 0 unspecified atom stereocenters. The van der Waals surface area contributed by atoms with Gasteiger partial charge in [-0.05, 0) is 100.0 Å². The predicted octanol–water partition coefficient (Wildman–Crippen LogP) is 14.2. The van der Waals surface area contributed by atoms with Gasteiger partial charge in [0.05, 0.1) is 5.56 Å². The lowest BCUT2D eigenvalue weighted by Crippen LogP contribution is -2.15. The Kier molecular flexibility index (Phi) is 8.26. The largest absolute Gasteiger partial charge is 0.455 e. The van der Waals surface area contributed by atoms with Crippen molar-refractivity contribution in [2.24, 2.45) is 0 Å². The first kappa shape index (κ1) is 34.6.